The highest BCUT2D eigenvalue weighted by Crippen LogP contribution is 2.17. The van der Waals surface area contributed by atoms with E-state index in [-0.39, 0.29) is 11.9 Å². The van der Waals surface area contributed by atoms with Crippen molar-refractivity contribution in [1.29, 1.82) is 0 Å². The molecule has 2 N–H and O–H groups in total. The van der Waals surface area contributed by atoms with Crippen LogP contribution >= 0.6 is 11.8 Å². The molecule has 0 aliphatic rings. The molecule has 0 unspecified atom stereocenters. The third kappa shape index (κ3) is 3.76. The van der Waals surface area contributed by atoms with E-state index in [2.05, 4.69) is 35.2 Å². The van der Waals surface area contributed by atoms with Gasteiger partial charge in [0, 0.05) is 0 Å². The van der Waals surface area contributed by atoms with Gasteiger partial charge in [0.25, 0.3) is 0 Å². The Morgan fingerprint density at radius 3 is 3.05 bits per heavy atom. The molecule has 1 atom stereocenters. The van der Waals surface area contributed by atoms with Gasteiger partial charge in [-0.3, -0.25) is 4.79 Å². The minimum atomic E-state index is -0.0996. The quantitative estimate of drug-likeness (QED) is 0.804. The first-order chi connectivity index (χ1) is 9.60. The molecule has 1 amide bonds. The largest absolute Gasteiger partial charge is 0.346 e. The number of hydrogen-bond donors (Lipinski definition) is 2. The van der Waals surface area contributed by atoms with Crippen LogP contribution < -0.4 is 5.32 Å². The maximum atomic E-state index is 11.8. The highest BCUT2D eigenvalue weighted by Gasteiger charge is 2.13. The van der Waals surface area contributed by atoms with Crippen LogP contribution in [-0.4, -0.2) is 27.4 Å². The summed E-state index contributed by atoms with van der Waals surface area (Å²) in [6.07, 6.45) is 1.09. The normalized spacial score (nSPS) is 12.6. The molecule has 1 aromatic heterocycles. The van der Waals surface area contributed by atoms with E-state index in [1.165, 1.54) is 5.56 Å². The van der Waals surface area contributed by atoms with Gasteiger partial charge in [0.15, 0.2) is 0 Å². The first-order valence-electron chi connectivity index (χ1n) is 6.93. The standard InChI is InChI=1S/C15H21N3OS/c1-4-7-20-9-14(19)16-11(3)15-17-12-6-5-10(2)8-13(12)18-15/h5-6,8,11H,4,7,9H2,1-3H3,(H,16,19)(H,17,18)/t11-/m1/s1. The van der Waals surface area contributed by atoms with Crippen LogP contribution in [0.25, 0.3) is 11.0 Å². The van der Waals surface area contributed by atoms with Crippen LogP contribution in [0.4, 0.5) is 0 Å². The molecule has 0 aliphatic heterocycles. The number of benzene rings is 1. The minimum Gasteiger partial charge on any atom is -0.346 e. The second kappa shape index (κ2) is 6.79. The number of imidazole rings is 1. The van der Waals surface area contributed by atoms with E-state index in [0.717, 1.165) is 29.0 Å². The summed E-state index contributed by atoms with van der Waals surface area (Å²) in [5.41, 5.74) is 3.15. The van der Waals surface area contributed by atoms with Gasteiger partial charge >= 0.3 is 0 Å². The molecule has 1 heterocycles. The Morgan fingerprint density at radius 1 is 1.50 bits per heavy atom. The Balaban J connectivity index is 2.00. The third-order valence-electron chi connectivity index (χ3n) is 3.02. The van der Waals surface area contributed by atoms with Crippen molar-refractivity contribution in [3.05, 3.63) is 29.6 Å². The van der Waals surface area contributed by atoms with Crippen molar-refractivity contribution in [2.45, 2.75) is 33.2 Å². The summed E-state index contributed by atoms with van der Waals surface area (Å²) in [5, 5.41) is 2.98. The molecular formula is C15H21N3OS. The van der Waals surface area contributed by atoms with Crippen molar-refractivity contribution in [1.82, 2.24) is 15.3 Å². The number of thioether (sulfide) groups is 1. The number of fused-ring (bicyclic) bond motifs is 1. The summed E-state index contributed by atoms with van der Waals surface area (Å²) in [6.45, 7) is 6.12. The van der Waals surface area contributed by atoms with Gasteiger partial charge in [-0.15, -0.1) is 0 Å². The number of rotatable bonds is 6. The lowest BCUT2D eigenvalue weighted by Gasteiger charge is -2.10. The average Bonchev–Trinajstić information content (AvgIpc) is 2.82. The molecule has 0 saturated carbocycles. The highest BCUT2D eigenvalue weighted by atomic mass is 32.2. The van der Waals surface area contributed by atoms with E-state index in [9.17, 15) is 4.79 Å². The number of aryl methyl sites for hydroxylation is 1. The van der Waals surface area contributed by atoms with Crippen LogP contribution in [0.1, 0.15) is 37.7 Å². The van der Waals surface area contributed by atoms with Crippen molar-refractivity contribution in [2.24, 2.45) is 0 Å². The fourth-order valence-corrected chi connectivity index (χ4v) is 2.71. The highest BCUT2D eigenvalue weighted by molar-refractivity contribution is 7.99. The molecule has 0 radical (unpaired) electrons. The molecule has 1 aromatic carbocycles. The number of aromatic amines is 1. The molecule has 108 valence electrons. The summed E-state index contributed by atoms with van der Waals surface area (Å²) in [7, 11) is 0. The maximum Gasteiger partial charge on any atom is 0.230 e. The molecule has 20 heavy (non-hydrogen) atoms. The summed E-state index contributed by atoms with van der Waals surface area (Å²) in [4.78, 5) is 19.6. The number of hydrogen-bond acceptors (Lipinski definition) is 3. The fourth-order valence-electron chi connectivity index (χ4n) is 2.01. The number of nitrogens with one attached hydrogen (secondary N) is 2. The van der Waals surface area contributed by atoms with Crippen LogP contribution in [0.2, 0.25) is 0 Å². The molecule has 2 rings (SSSR count). The molecule has 4 nitrogen and oxygen atoms in total. The summed E-state index contributed by atoms with van der Waals surface area (Å²) >= 11 is 1.66. The Kier molecular flexibility index (Phi) is 5.06. The predicted molar refractivity (Wildman–Crippen MR) is 85.0 cm³/mol. The maximum absolute atomic E-state index is 11.8. The van der Waals surface area contributed by atoms with Gasteiger partial charge in [-0.1, -0.05) is 13.0 Å². The lowest BCUT2D eigenvalue weighted by molar-refractivity contribution is -0.119. The number of carbonyl (C=O) groups is 1. The Bertz CT molecular complexity index is 594. The summed E-state index contributed by atoms with van der Waals surface area (Å²) in [6, 6.07) is 6.00. The van der Waals surface area contributed by atoms with Crippen LogP contribution in [0.5, 0.6) is 0 Å². The molecule has 5 heteroatoms. The van der Waals surface area contributed by atoms with Gasteiger partial charge in [0.1, 0.15) is 5.82 Å². The SMILES string of the molecule is CCCSCC(=O)N[C@H](C)c1nc2ccc(C)cc2[nH]1. The zero-order valence-corrected chi connectivity index (χ0v) is 13.0. The van der Waals surface area contributed by atoms with Gasteiger partial charge in [-0.05, 0) is 43.7 Å². The van der Waals surface area contributed by atoms with Crippen molar-refractivity contribution >= 4 is 28.7 Å². The zero-order valence-electron chi connectivity index (χ0n) is 12.2. The number of H-pyrrole nitrogens is 1. The van der Waals surface area contributed by atoms with E-state index in [1.54, 1.807) is 11.8 Å². The first-order valence-corrected chi connectivity index (χ1v) is 8.09. The third-order valence-corrected chi connectivity index (χ3v) is 4.19. The molecule has 2 aromatic rings. The predicted octanol–water partition coefficient (Wildman–Crippen LogP) is 3.19. The van der Waals surface area contributed by atoms with Crippen molar-refractivity contribution in [3.8, 4) is 0 Å². The van der Waals surface area contributed by atoms with E-state index in [4.69, 9.17) is 0 Å². The van der Waals surface area contributed by atoms with E-state index in [1.807, 2.05) is 19.1 Å². The van der Waals surface area contributed by atoms with Gasteiger partial charge in [-0.2, -0.15) is 11.8 Å². The lowest BCUT2D eigenvalue weighted by atomic mass is 10.2. The van der Waals surface area contributed by atoms with E-state index >= 15 is 0 Å². The van der Waals surface area contributed by atoms with Gasteiger partial charge in [0.2, 0.25) is 5.91 Å². The van der Waals surface area contributed by atoms with Crippen molar-refractivity contribution < 1.29 is 4.79 Å². The zero-order chi connectivity index (χ0) is 14.5. The summed E-state index contributed by atoms with van der Waals surface area (Å²) in [5.74, 6) is 2.40. The molecule has 0 bridgehead atoms. The van der Waals surface area contributed by atoms with Crippen LogP contribution in [0, 0.1) is 6.92 Å². The number of nitrogens with zero attached hydrogens (tertiary/aromatic N) is 1. The van der Waals surface area contributed by atoms with Crippen molar-refractivity contribution in [2.75, 3.05) is 11.5 Å². The molecule has 0 fully saturated rings. The second-order valence-electron chi connectivity index (χ2n) is 4.98. The smallest absolute Gasteiger partial charge is 0.230 e. The molecule has 0 spiro atoms. The second-order valence-corrected chi connectivity index (χ2v) is 6.09. The summed E-state index contributed by atoms with van der Waals surface area (Å²) < 4.78 is 0. The van der Waals surface area contributed by atoms with Gasteiger partial charge in [0.05, 0.1) is 22.8 Å². The monoisotopic (exact) mass is 291 g/mol. The van der Waals surface area contributed by atoms with E-state index in [0.29, 0.717) is 5.75 Å². The number of aromatic nitrogens is 2. The van der Waals surface area contributed by atoms with Crippen LogP contribution in [0.15, 0.2) is 18.2 Å². The topological polar surface area (TPSA) is 57.8 Å². The minimum absolute atomic E-state index is 0.0626. The Morgan fingerprint density at radius 2 is 2.30 bits per heavy atom. The Hall–Kier alpha value is -1.49. The average molecular weight is 291 g/mol. The first kappa shape index (κ1) is 14.9. The van der Waals surface area contributed by atoms with E-state index < -0.39 is 0 Å². The van der Waals surface area contributed by atoms with Crippen LogP contribution in [-0.2, 0) is 4.79 Å². The lowest BCUT2D eigenvalue weighted by Crippen LogP contribution is -2.28. The molecule has 0 aliphatic carbocycles. The molecule has 0 saturated heterocycles. The van der Waals surface area contributed by atoms with Crippen LogP contribution in [0.3, 0.4) is 0 Å². The Labute approximate surface area is 123 Å². The van der Waals surface area contributed by atoms with Gasteiger partial charge in [-0.25, -0.2) is 4.98 Å². The molecular weight excluding hydrogens is 270 g/mol. The van der Waals surface area contributed by atoms with Crippen molar-refractivity contribution in [3.63, 3.8) is 0 Å². The number of carbonyl (C=O) groups excluding carboxylic acids is 1. The number of amides is 1. The van der Waals surface area contributed by atoms with Gasteiger partial charge < -0.3 is 10.3 Å². The fraction of sp³-hybridized carbons (Fsp3) is 0.467.